The van der Waals surface area contributed by atoms with Crippen molar-refractivity contribution in [3.63, 3.8) is 0 Å². The van der Waals surface area contributed by atoms with Crippen molar-refractivity contribution >= 4 is 11.6 Å². The number of benzene rings is 2. The largest absolute Gasteiger partial charge is 0.207 e. The Bertz CT molecular complexity index is 625. The maximum Gasteiger partial charge on any atom is 0.163 e. The minimum atomic E-state index is -1.23. The summed E-state index contributed by atoms with van der Waals surface area (Å²) in [4.78, 5) is 0. The van der Waals surface area contributed by atoms with Gasteiger partial charge in [0, 0.05) is 17.2 Å². The van der Waals surface area contributed by atoms with Gasteiger partial charge in [-0.15, -0.1) is 11.6 Å². The molecule has 1 atom stereocenters. The van der Waals surface area contributed by atoms with Gasteiger partial charge in [-0.3, -0.25) is 0 Å². The maximum atomic E-state index is 13.7. The fourth-order valence-electron chi connectivity index (χ4n) is 1.76. The summed E-state index contributed by atoms with van der Waals surface area (Å²) in [5.41, 5.74) is -0.101. The number of hydrogen-bond donors (Lipinski definition) is 0. The predicted octanol–water partition coefficient (Wildman–Crippen LogP) is 4.88. The Hall–Kier alpha value is -1.55. The number of hydrogen-bond acceptors (Lipinski definition) is 0. The molecule has 0 radical (unpaired) electrons. The monoisotopic (exact) mass is 288 g/mol. The van der Waals surface area contributed by atoms with Crippen molar-refractivity contribution in [3.8, 4) is 0 Å². The van der Waals surface area contributed by atoms with Crippen LogP contribution >= 0.6 is 11.6 Å². The average Bonchev–Trinajstić information content (AvgIpc) is 2.36. The van der Waals surface area contributed by atoms with Crippen molar-refractivity contribution in [1.29, 1.82) is 0 Å². The van der Waals surface area contributed by atoms with Gasteiger partial charge < -0.3 is 0 Å². The van der Waals surface area contributed by atoms with Crippen molar-refractivity contribution in [2.75, 3.05) is 0 Å². The smallest absolute Gasteiger partial charge is 0.163 e. The van der Waals surface area contributed by atoms with Crippen LogP contribution in [0.25, 0.3) is 0 Å². The van der Waals surface area contributed by atoms with E-state index in [0.717, 1.165) is 6.07 Å². The minimum absolute atomic E-state index is 0.0925. The van der Waals surface area contributed by atoms with Crippen molar-refractivity contribution in [1.82, 2.24) is 0 Å². The van der Waals surface area contributed by atoms with Gasteiger partial charge >= 0.3 is 0 Å². The molecule has 0 aromatic heterocycles. The molecule has 0 aliphatic heterocycles. The zero-order valence-electron chi connectivity index (χ0n) is 9.85. The second kappa shape index (κ2) is 5.21. The van der Waals surface area contributed by atoms with Crippen LogP contribution in [0.5, 0.6) is 0 Å². The van der Waals surface area contributed by atoms with Gasteiger partial charge in [-0.05, 0) is 24.6 Å². The molecule has 1 unspecified atom stereocenters. The third-order valence-corrected chi connectivity index (χ3v) is 3.28. The second-order valence-electron chi connectivity index (χ2n) is 4.13. The molecule has 100 valence electrons. The number of halogens is 5. The molecule has 2 aromatic carbocycles. The van der Waals surface area contributed by atoms with Crippen LogP contribution in [0.4, 0.5) is 17.6 Å². The molecule has 2 aromatic rings. The first kappa shape index (κ1) is 13.9. The van der Waals surface area contributed by atoms with Crippen LogP contribution in [-0.4, -0.2) is 0 Å². The molecule has 2 rings (SSSR count). The molecule has 0 bridgehead atoms. The van der Waals surface area contributed by atoms with Crippen LogP contribution in [0.2, 0.25) is 0 Å². The molecule has 0 saturated carbocycles. The van der Waals surface area contributed by atoms with Gasteiger partial charge in [0.25, 0.3) is 0 Å². The second-order valence-corrected chi connectivity index (χ2v) is 4.56. The van der Waals surface area contributed by atoms with Crippen LogP contribution in [0.3, 0.4) is 0 Å². The van der Waals surface area contributed by atoms with E-state index in [-0.39, 0.29) is 16.7 Å². The zero-order valence-corrected chi connectivity index (χ0v) is 10.6. The highest BCUT2D eigenvalue weighted by Crippen LogP contribution is 2.33. The molecule has 5 heteroatoms. The Morgan fingerprint density at radius 2 is 1.58 bits per heavy atom. The summed E-state index contributed by atoms with van der Waals surface area (Å²) < 4.78 is 53.5. The molecule has 0 aliphatic rings. The lowest BCUT2D eigenvalue weighted by atomic mass is 10.0. The van der Waals surface area contributed by atoms with Crippen LogP contribution < -0.4 is 0 Å². The maximum absolute atomic E-state index is 13.7. The van der Waals surface area contributed by atoms with E-state index >= 15 is 0 Å². The van der Waals surface area contributed by atoms with E-state index in [1.54, 1.807) is 0 Å². The molecule has 19 heavy (non-hydrogen) atoms. The third-order valence-electron chi connectivity index (χ3n) is 2.81. The number of aryl methyl sites for hydroxylation is 1. The fraction of sp³-hybridized carbons (Fsp3) is 0.143. The van der Waals surface area contributed by atoms with Crippen molar-refractivity contribution in [2.45, 2.75) is 12.3 Å². The van der Waals surface area contributed by atoms with Gasteiger partial charge in [-0.25, -0.2) is 17.6 Å². The Kier molecular flexibility index (Phi) is 3.80. The van der Waals surface area contributed by atoms with Gasteiger partial charge in [-0.1, -0.05) is 12.1 Å². The highest BCUT2D eigenvalue weighted by molar-refractivity contribution is 6.22. The SMILES string of the molecule is Cc1cc(C(Cl)c2cccc(F)c2F)c(F)cc1F. The van der Waals surface area contributed by atoms with Crippen molar-refractivity contribution in [3.05, 3.63) is 70.3 Å². The summed E-state index contributed by atoms with van der Waals surface area (Å²) in [6, 6.07) is 5.34. The van der Waals surface area contributed by atoms with Gasteiger partial charge in [-0.2, -0.15) is 0 Å². The van der Waals surface area contributed by atoms with Gasteiger partial charge in [0.2, 0.25) is 0 Å². The first-order valence-corrected chi connectivity index (χ1v) is 5.89. The first-order chi connectivity index (χ1) is 8.91. The van der Waals surface area contributed by atoms with Crippen LogP contribution in [0.15, 0.2) is 30.3 Å². The molecule has 0 heterocycles. The Morgan fingerprint density at radius 3 is 2.26 bits per heavy atom. The van der Waals surface area contributed by atoms with E-state index < -0.39 is 28.6 Å². The Morgan fingerprint density at radius 1 is 0.895 bits per heavy atom. The van der Waals surface area contributed by atoms with Crippen LogP contribution in [0.1, 0.15) is 22.1 Å². The Balaban J connectivity index is 2.53. The predicted molar refractivity (Wildman–Crippen MR) is 65.1 cm³/mol. The lowest BCUT2D eigenvalue weighted by molar-refractivity contribution is 0.498. The minimum Gasteiger partial charge on any atom is -0.207 e. The van der Waals surface area contributed by atoms with E-state index in [9.17, 15) is 17.6 Å². The summed E-state index contributed by atoms with van der Waals surface area (Å²) in [5, 5.41) is -1.23. The summed E-state index contributed by atoms with van der Waals surface area (Å²) in [7, 11) is 0. The highest BCUT2D eigenvalue weighted by Gasteiger charge is 2.21. The van der Waals surface area contributed by atoms with Crippen LogP contribution in [-0.2, 0) is 0 Å². The molecular weight excluding hydrogens is 280 g/mol. The quantitative estimate of drug-likeness (QED) is 0.546. The van der Waals surface area contributed by atoms with Crippen molar-refractivity contribution < 1.29 is 17.6 Å². The number of alkyl halides is 1. The lowest BCUT2D eigenvalue weighted by Gasteiger charge is -2.13. The summed E-state index contributed by atoms with van der Waals surface area (Å²) in [6.45, 7) is 1.43. The summed E-state index contributed by atoms with van der Waals surface area (Å²) >= 11 is 5.97. The summed E-state index contributed by atoms with van der Waals surface area (Å²) in [5.74, 6) is -3.82. The van der Waals surface area contributed by atoms with E-state index in [0.29, 0.717) is 6.07 Å². The fourth-order valence-corrected chi connectivity index (χ4v) is 2.09. The van der Waals surface area contributed by atoms with E-state index in [2.05, 4.69) is 0 Å². The van der Waals surface area contributed by atoms with E-state index in [1.165, 1.54) is 25.1 Å². The standard InChI is InChI=1S/C14H9ClF4/c1-7-5-9(12(18)6-11(7)17)13(15)8-3-2-4-10(16)14(8)19/h2-6,13H,1H3. The molecule has 0 amide bonds. The first-order valence-electron chi connectivity index (χ1n) is 5.45. The highest BCUT2D eigenvalue weighted by atomic mass is 35.5. The van der Waals surface area contributed by atoms with Crippen molar-refractivity contribution in [2.24, 2.45) is 0 Å². The number of rotatable bonds is 2. The molecule has 0 spiro atoms. The van der Waals surface area contributed by atoms with E-state index in [1.807, 2.05) is 0 Å². The van der Waals surface area contributed by atoms with Gasteiger partial charge in [0.15, 0.2) is 11.6 Å². The van der Waals surface area contributed by atoms with Gasteiger partial charge in [0.1, 0.15) is 11.6 Å². The summed E-state index contributed by atoms with van der Waals surface area (Å²) in [6.07, 6.45) is 0. The van der Waals surface area contributed by atoms with Gasteiger partial charge in [0.05, 0.1) is 5.38 Å². The topological polar surface area (TPSA) is 0 Å². The molecule has 0 aliphatic carbocycles. The third kappa shape index (κ3) is 2.59. The van der Waals surface area contributed by atoms with Crippen LogP contribution in [0, 0.1) is 30.2 Å². The molecule has 0 saturated heterocycles. The molecule has 0 N–H and O–H groups in total. The van der Waals surface area contributed by atoms with E-state index in [4.69, 9.17) is 11.6 Å². The average molecular weight is 289 g/mol. The molecular formula is C14H9ClF4. The molecule has 0 fully saturated rings. The lowest BCUT2D eigenvalue weighted by Crippen LogP contribution is -2.03. The zero-order chi connectivity index (χ0) is 14.2. The normalized spacial score (nSPS) is 12.5. The molecule has 0 nitrogen and oxygen atoms in total. The Labute approximate surface area is 112 Å².